The lowest BCUT2D eigenvalue weighted by atomic mass is 9.92. The Kier molecular flexibility index (Phi) is 5.32. The van der Waals surface area contributed by atoms with Crippen LogP contribution in [0.15, 0.2) is 48.7 Å². The number of halogens is 3. The zero-order valence-corrected chi connectivity index (χ0v) is 19.7. The van der Waals surface area contributed by atoms with Gasteiger partial charge in [-0.1, -0.05) is 18.2 Å². The molecule has 11 heteroatoms. The van der Waals surface area contributed by atoms with Crippen molar-refractivity contribution in [3.63, 3.8) is 0 Å². The molecule has 1 aliphatic heterocycles. The average molecular weight is 501 g/mol. The molecule has 2 aliphatic rings. The highest BCUT2D eigenvalue weighted by Crippen LogP contribution is 2.41. The standard InChI is InChI=1S/C24H23F3N6OS/c1-14-11-20(35-31-14)32-12-15-8-9-16(13-32)21(15)28-23-29-22-18(6-4-10-33(22)30-23)17-5-2-3-7-19(17)34-24(25,26)27/h2-7,10-11,15-16,21H,8-9,12-13H2,1H3,(H,28,30)/t15-,16+,21-. The third-order valence-corrected chi connectivity index (χ3v) is 7.76. The number of nitrogens with zero attached hydrogens (tertiary/aromatic N) is 5. The summed E-state index contributed by atoms with van der Waals surface area (Å²) in [7, 11) is 0. The van der Waals surface area contributed by atoms with Gasteiger partial charge in [0.2, 0.25) is 5.95 Å². The maximum atomic E-state index is 13.0. The van der Waals surface area contributed by atoms with Gasteiger partial charge in [-0.3, -0.25) is 0 Å². The van der Waals surface area contributed by atoms with Crippen LogP contribution in [0.1, 0.15) is 18.5 Å². The zero-order chi connectivity index (χ0) is 24.2. The number of benzene rings is 1. The molecule has 1 aromatic carbocycles. The van der Waals surface area contributed by atoms with Gasteiger partial charge in [-0.15, -0.1) is 18.3 Å². The normalized spacial score (nSPS) is 22.1. The Morgan fingerprint density at radius 2 is 1.80 bits per heavy atom. The fourth-order valence-electron chi connectivity index (χ4n) is 5.37. The van der Waals surface area contributed by atoms with E-state index in [1.54, 1.807) is 46.5 Å². The summed E-state index contributed by atoms with van der Waals surface area (Å²) < 4.78 is 49.2. The van der Waals surface area contributed by atoms with Gasteiger partial charge in [0.05, 0.1) is 5.69 Å². The first-order chi connectivity index (χ1) is 16.8. The van der Waals surface area contributed by atoms with E-state index in [4.69, 9.17) is 0 Å². The summed E-state index contributed by atoms with van der Waals surface area (Å²) in [5.74, 6) is 1.14. The van der Waals surface area contributed by atoms with E-state index in [9.17, 15) is 13.2 Å². The molecule has 6 rings (SSSR count). The van der Waals surface area contributed by atoms with Gasteiger partial charge in [-0.05, 0) is 67.4 Å². The van der Waals surface area contributed by atoms with Crippen molar-refractivity contribution < 1.29 is 17.9 Å². The molecule has 0 spiro atoms. The Labute approximate surface area is 203 Å². The lowest BCUT2D eigenvalue weighted by Gasteiger charge is -2.38. The summed E-state index contributed by atoms with van der Waals surface area (Å²) in [5, 5.41) is 9.35. The first-order valence-electron chi connectivity index (χ1n) is 11.5. The van der Waals surface area contributed by atoms with Gasteiger partial charge in [0.25, 0.3) is 0 Å². The maximum Gasteiger partial charge on any atom is 0.573 e. The minimum atomic E-state index is -4.78. The first kappa shape index (κ1) is 22.1. The Balaban J connectivity index is 1.27. The second-order valence-electron chi connectivity index (χ2n) is 9.15. The van der Waals surface area contributed by atoms with Crippen molar-refractivity contribution in [2.24, 2.45) is 11.8 Å². The number of hydrogen-bond donors (Lipinski definition) is 1. The van der Waals surface area contributed by atoms with E-state index < -0.39 is 6.36 Å². The molecule has 7 nitrogen and oxygen atoms in total. The lowest BCUT2D eigenvalue weighted by Crippen LogP contribution is -2.48. The molecule has 2 fully saturated rings. The summed E-state index contributed by atoms with van der Waals surface area (Å²) in [5.41, 5.74) is 2.34. The largest absolute Gasteiger partial charge is 0.573 e. The molecule has 0 radical (unpaired) electrons. The van der Waals surface area contributed by atoms with Crippen molar-refractivity contribution >= 4 is 28.1 Å². The summed E-state index contributed by atoms with van der Waals surface area (Å²) >= 11 is 1.55. The molecule has 1 saturated carbocycles. The summed E-state index contributed by atoms with van der Waals surface area (Å²) in [6.45, 7) is 3.92. The molecule has 35 heavy (non-hydrogen) atoms. The van der Waals surface area contributed by atoms with Gasteiger partial charge in [0.15, 0.2) is 5.65 Å². The highest BCUT2D eigenvalue weighted by atomic mass is 32.1. The zero-order valence-electron chi connectivity index (χ0n) is 18.9. The predicted molar refractivity (Wildman–Crippen MR) is 128 cm³/mol. The molecule has 4 heterocycles. The van der Waals surface area contributed by atoms with Crippen LogP contribution in [-0.4, -0.2) is 44.5 Å². The Morgan fingerprint density at radius 3 is 2.51 bits per heavy atom. The van der Waals surface area contributed by atoms with Crippen molar-refractivity contribution in [3.05, 3.63) is 54.4 Å². The number of hydrogen-bond acceptors (Lipinski definition) is 7. The van der Waals surface area contributed by atoms with Crippen molar-refractivity contribution in [1.82, 2.24) is 19.0 Å². The summed E-state index contributed by atoms with van der Waals surface area (Å²) in [6.07, 6.45) is -0.768. The fourth-order valence-corrected chi connectivity index (χ4v) is 6.14. The molecular formula is C24H23F3N6OS. The van der Waals surface area contributed by atoms with E-state index in [1.807, 2.05) is 6.92 Å². The number of anilines is 2. The molecular weight excluding hydrogens is 477 g/mol. The highest BCUT2D eigenvalue weighted by Gasteiger charge is 2.43. The summed E-state index contributed by atoms with van der Waals surface area (Å²) in [6, 6.07) is 11.9. The van der Waals surface area contributed by atoms with E-state index >= 15 is 0 Å². The van der Waals surface area contributed by atoms with Crippen molar-refractivity contribution in [2.45, 2.75) is 32.2 Å². The maximum absolute atomic E-state index is 13.0. The number of aryl methyl sites for hydroxylation is 1. The fraction of sp³-hybridized carbons (Fsp3) is 0.375. The first-order valence-corrected chi connectivity index (χ1v) is 12.3. The van der Waals surface area contributed by atoms with E-state index in [1.165, 1.54) is 17.1 Å². The van der Waals surface area contributed by atoms with Gasteiger partial charge in [-0.25, -0.2) is 4.52 Å². The molecule has 3 aromatic heterocycles. The van der Waals surface area contributed by atoms with E-state index in [2.05, 4.69) is 35.5 Å². The molecule has 0 unspecified atom stereocenters. The van der Waals surface area contributed by atoms with Gasteiger partial charge in [0, 0.05) is 36.5 Å². The molecule has 1 aliphatic carbocycles. The van der Waals surface area contributed by atoms with Gasteiger partial charge >= 0.3 is 6.36 Å². The number of fused-ring (bicyclic) bond motifs is 3. The van der Waals surface area contributed by atoms with E-state index in [-0.39, 0.29) is 11.8 Å². The average Bonchev–Trinajstić information content (AvgIpc) is 3.48. The SMILES string of the molecule is Cc1cc(N2C[C@H]3CC[C@@H](C2)[C@@H]3Nc2nc3c(-c4ccccc4OC(F)(F)F)cccn3n2)sn1. The highest BCUT2D eigenvalue weighted by molar-refractivity contribution is 7.10. The van der Waals surface area contributed by atoms with Crippen LogP contribution in [0.25, 0.3) is 16.8 Å². The number of para-hydroxylation sites is 1. The van der Waals surface area contributed by atoms with Crippen LogP contribution in [0.3, 0.4) is 0 Å². The third kappa shape index (κ3) is 4.29. The third-order valence-electron chi connectivity index (χ3n) is 6.82. The van der Waals surface area contributed by atoms with Crippen LogP contribution < -0.4 is 15.0 Å². The Morgan fingerprint density at radius 1 is 1.06 bits per heavy atom. The van der Waals surface area contributed by atoms with Crippen molar-refractivity contribution in [3.8, 4) is 16.9 Å². The number of alkyl halides is 3. The molecule has 1 saturated heterocycles. The number of rotatable bonds is 5. The Hall–Kier alpha value is -3.34. The smallest absolute Gasteiger partial charge is 0.405 e. The predicted octanol–water partition coefficient (Wildman–Crippen LogP) is 5.39. The number of aromatic nitrogens is 4. The van der Waals surface area contributed by atoms with Crippen LogP contribution >= 0.6 is 11.5 Å². The molecule has 0 amide bonds. The second kappa shape index (κ2) is 8.40. The van der Waals surface area contributed by atoms with Gasteiger partial charge in [0.1, 0.15) is 10.8 Å². The molecule has 3 atom stereocenters. The molecule has 1 N–H and O–H groups in total. The second-order valence-corrected chi connectivity index (χ2v) is 9.93. The molecule has 2 bridgehead atoms. The van der Waals surface area contributed by atoms with Crippen LogP contribution in [0.2, 0.25) is 0 Å². The number of pyridine rings is 1. The number of ether oxygens (including phenoxy) is 1. The minimum Gasteiger partial charge on any atom is -0.405 e. The molecule has 182 valence electrons. The quantitative estimate of drug-likeness (QED) is 0.397. The Bertz CT molecular complexity index is 1350. The van der Waals surface area contributed by atoms with E-state index in [0.717, 1.165) is 31.6 Å². The van der Waals surface area contributed by atoms with Gasteiger partial charge < -0.3 is 15.0 Å². The van der Waals surface area contributed by atoms with Crippen LogP contribution in [0.4, 0.5) is 24.1 Å². The monoisotopic (exact) mass is 500 g/mol. The lowest BCUT2D eigenvalue weighted by molar-refractivity contribution is -0.274. The van der Waals surface area contributed by atoms with Crippen LogP contribution in [-0.2, 0) is 0 Å². The van der Waals surface area contributed by atoms with Gasteiger partial charge in [-0.2, -0.15) is 9.36 Å². The van der Waals surface area contributed by atoms with Crippen LogP contribution in [0.5, 0.6) is 5.75 Å². The van der Waals surface area contributed by atoms with Crippen LogP contribution in [0, 0.1) is 18.8 Å². The van der Waals surface area contributed by atoms with Crippen molar-refractivity contribution in [2.75, 3.05) is 23.3 Å². The van der Waals surface area contributed by atoms with E-state index in [0.29, 0.717) is 34.6 Å². The van der Waals surface area contributed by atoms with Crippen molar-refractivity contribution in [1.29, 1.82) is 0 Å². The number of piperidine rings is 1. The summed E-state index contributed by atoms with van der Waals surface area (Å²) in [4.78, 5) is 7.11. The minimum absolute atomic E-state index is 0.252. The molecule has 4 aromatic rings. The number of nitrogens with one attached hydrogen (secondary N) is 1. The topological polar surface area (TPSA) is 67.6 Å².